The van der Waals surface area contributed by atoms with Crippen LogP contribution in [-0.4, -0.2) is 34.7 Å². The number of sulfonamides is 1. The Balaban J connectivity index is 2.51. The summed E-state index contributed by atoms with van der Waals surface area (Å²) in [5, 5.41) is 15.2. The topological polar surface area (TPSA) is 125 Å². The number of rotatable bonds is 4. The molecule has 1 aromatic carbocycles. The fourth-order valence-electron chi connectivity index (χ4n) is 1.62. The molecular formula is C11H11BrN4O4S. The van der Waals surface area contributed by atoms with Crippen molar-refractivity contribution >= 4 is 37.9 Å². The van der Waals surface area contributed by atoms with Crippen LogP contribution in [0.2, 0.25) is 0 Å². The molecule has 0 saturated carbocycles. The molecule has 2 aromatic rings. The molecule has 2 rings (SSSR count). The number of aromatic nitrogens is 3. The number of carboxylic acids is 1. The highest BCUT2D eigenvalue weighted by Gasteiger charge is 2.22. The predicted molar refractivity (Wildman–Crippen MR) is 77.8 cm³/mol. The fraction of sp³-hybridized carbons (Fsp3) is 0.182. The third-order valence-corrected chi connectivity index (χ3v) is 4.93. The number of benzene rings is 1. The zero-order valence-electron chi connectivity index (χ0n) is 11.0. The van der Waals surface area contributed by atoms with Gasteiger partial charge in [0.15, 0.2) is 0 Å². The molecule has 0 aliphatic carbocycles. The number of carboxylic acid groups (broad SMARTS) is 1. The van der Waals surface area contributed by atoms with Crippen LogP contribution in [0.3, 0.4) is 0 Å². The van der Waals surface area contributed by atoms with E-state index in [0.29, 0.717) is 15.9 Å². The molecule has 1 aromatic heterocycles. The lowest BCUT2D eigenvalue weighted by Crippen LogP contribution is -2.16. The van der Waals surface area contributed by atoms with Crippen molar-refractivity contribution in [2.24, 2.45) is 0 Å². The number of aromatic amines is 1. The SMILES string of the molecule is Cc1nc(NS(=O)(=O)c2cc(C(=O)O)cc(Br)c2C)n[nH]1. The maximum Gasteiger partial charge on any atom is 0.335 e. The van der Waals surface area contributed by atoms with Crippen LogP contribution in [0.1, 0.15) is 21.7 Å². The van der Waals surface area contributed by atoms with E-state index in [1.165, 1.54) is 6.07 Å². The van der Waals surface area contributed by atoms with Gasteiger partial charge in [-0.25, -0.2) is 17.9 Å². The van der Waals surface area contributed by atoms with Crippen LogP contribution in [0.25, 0.3) is 0 Å². The van der Waals surface area contributed by atoms with E-state index in [0.717, 1.165) is 6.07 Å². The van der Waals surface area contributed by atoms with E-state index in [4.69, 9.17) is 5.11 Å². The van der Waals surface area contributed by atoms with Crippen molar-refractivity contribution < 1.29 is 18.3 Å². The molecule has 0 aliphatic heterocycles. The zero-order chi connectivity index (χ0) is 15.8. The lowest BCUT2D eigenvalue weighted by Gasteiger charge is -2.10. The number of nitrogens with one attached hydrogen (secondary N) is 2. The number of anilines is 1. The second-order valence-corrected chi connectivity index (χ2v) is 6.74. The number of aromatic carboxylic acids is 1. The Hall–Kier alpha value is -1.94. The van der Waals surface area contributed by atoms with Crippen LogP contribution in [0.15, 0.2) is 21.5 Å². The van der Waals surface area contributed by atoms with E-state index >= 15 is 0 Å². The third kappa shape index (κ3) is 3.22. The zero-order valence-corrected chi connectivity index (χ0v) is 13.4. The van der Waals surface area contributed by atoms with Gasteiger partial charge in [0.25, 0.3) is 16.0 Å². The Bertz CT molecular complexity index is 816. The molecule has 1 heterocycles. The molecule has 0 radical (unpaired) electrons. The van der Waals surface area contributed by atoms with E-state index < -0.39 is 16.0 Å². The Morgan fingerprint density at radius 3 is 2.57 bits per heavy atom. The van der Waals surface area contributed by atoms with Gasteiger partial charge in [0.2, 0.25) is 0 Å². The van der Waals surface area contributed by atoms with Crippen molar-refractivity contribution in [3.05, 3.63) is 33.6 Å². The summed E-state index contributed by atoms with van der Waals surface area (Å²) in [6.45, 7) is 3.19. The van der Waals surface area contributed by atoms with Gasteiger partial charge < -0.3 is 5.11 Å². The lowest BCUT2D eigenvalue weighted by atomic mass is 10.1. The van der Waals surface area contributed by atoms with Crippen molar-refractivity contribution in [3.63, 3.8) is 0 Å². The highest BCUT2D eigenvalue weighted by molar-refractivity contribution is 9.10. The van der Waals surface area contributed by atoms with Crippen molar-refractivity contribution in [1.82, 2.24) is 15.2 Å². The summed E-state index contributed by atoms with van der Waals surface area (Å²) in [5.74, 6) is -0.880. The Morgan fingerprint density at radius 2 is 2.05 bits per heavy atom. The van der Waals surface area contributed by atoms with E-state index in [-0.39, 0.29) is 16.4 Å². The molecule has 0 atom stereocenters. The second kappa shape index (κ2) is 5.45. The molecule has 8 nitrogen and oxygen atoms in total. The Labute approximate surface area is 128 Å². The van der Waals surface area contributed by atoms with Gasteiger partial charge >= 0.3 is 5.97 Å². The number of hydrogen-bond donors (Lipinski definition) is 3. The van der Waals surface area contributed by atoms with Gasteiger partial charge in [-0.05, 0) is 31.5 Å². The molecule has 0 aliphatic rings. The molecule has 112 valence electrons. The molecule has 21 heavy (non-hydrogen) atoms. The number of halogens is 1. The highest BCUT2D eigenvalue weighted by atomic mass is 79.9. The van der Waals surface area contributed by atoms with Gasteiger partial charge in [0, 0.05) is 4.47 Å². The maximum absolute atomic E-state index is 12.3. The molecule has 0 fully saturated rings. The van der Waals surface area contributed by atoms with Crippen molar-refractivity contribution in [3.8, 4) is 0 Å². The third-order valence-electron chi connectivity index (χ3n) is 2.66. The first kappa shape index (κ1) is 15.4. The van der Waals surface area contributed by atoms with Crippen molar-refractivity contribution in [2.45, 2.75) is 18.7 Å². The molecule has 0 amide bonds. The summed E-state index contributed by atoms with van der Waals surface area (Å²) in [5.41, 5.74) is 0.249. The minimum absolute atomic E-state index is 0.108. The Morgan fingerprint density at radius 1 is 1.38 bits per heavy atom. The van der Waals surface area contributed by atoms with E-state index in [2.05, 4.69) is 35.8 Å². The molecule has 0 bridgehead atoms. The van der Waals surface area contributed by atoms with E-state index in [1.54, 1.807) is 13.8 Å². The molecule has 3 N–H and O–H groups in total. The fourth-order valence-corrected chi connectivity index (χ4v) is 3.45. The number of nitrogens with zero attached hydrogens (tertiary/aromatic N) is 2. The molecule has 0 spiro atoms. The van der Waals surface area contributed by atoms with Gasteiger partial charge in [-0.2, -0.15) is 4.98 Å². The smallest absolute Gasteiger partial charge is 0.335 e. The standard InChI is InChI=1S/C11H11BrN4O4S/c1-5-8(12)3-7(10(17)18)4-9(5)21(19,20)16-11-13-6(2)14-15-11/h3-4H,1-2H3,(H,17,18)(H2,13,14,15,16). The summed E-state index contributed by atoms with van der Waals surface area (Å²) in [6, 6.07) is 2.43. The molecular weight excluding hydrogens is 364 g/mol. The van der Waals surface area contributed by atoms with Crippen LogP contribution in [-0.2, 0) is 10.0 Å². The highest BCUT2D eigenvalue weighted by Crippen LogP contribution is 2.27. The second-order valence-electron chi connectivity index (χ2n) is 4.24. The number of hydrogen-bond acceptors (Lipinski definition) is 5. The summed E-state index contributed by atoms with van der Waals surface area (Å²) in [6.07, 6.45) is 0. The van der Waals surface area contributed by atoms with Crippen molar-refractivity contribution in [1.29, 1.82) is 0 Å². The van der Waals surface area contributed by atoms with E-state index in [9.17, 15) is 13.2 Å². The van der Waals surface area contributed by atoms with Crippen molar-refractivity contribution in [2.75, 3.05) is 4.72 Å². The maximum atomic E-state index is 12.3. The average Bonchev–Trinajstić information content (AvgIpc) is 2.76. The summed E-state index contributed by atoms with van der Waals surface area (Å²) in [4.78, 5) is 14.7. The summed E-state index contributed by atoms with van der Waals surface area (Å²) in [7, 11) is -4.00. The lowest BCUT2D eigenvalue weighted by molar-refractivity contribution is 0.0696. The first-order valence-electron chi connectivity index (χ1n) is 5.66. The molecule has 0 saturated heterocycles. The largest absolute Gasteiger partial charge is 0.478 e. The van der Waals surface area contributed by atoms with Gasteiger partial charge in [0.1, 0.15) is 5.82 Å². The van der Waals surface area contributed by atoms with Gasteiger partial charge in [-0.1, -0.05) is 15.9 Å². The first-order valence-corrected chi connectivity index (χ1v) is 7.93. The first-order chi connectivity index (χ1) is 9.70. The Kier molecular flexibility index (Phi) is 4.01. The molecule has 0 unspecified atom stereocenters. The number of carbonyl (C=O) groups is 1. The van der Waals surface area contributed by atoms with Gasteiger partial charge in [-0.15, -0.1) is 5.10 Å². The van der Waals surface area contributed by atoms with Crippen LogP contribution in [0, 0.1) is 13.8 Å². The van der Waals surface area contributed by atoms with Crippen LogP contribution < -0.4 is 4.72 Å². The summed E-state index contributed by atoms with van der Waals surface area (Å²) < 4.78 is 27.3. The van der Waals surface area contributed by atoms with Gasteiger partial charge in [0.05, 0.1) is 10.5 Å². The van der Waals surface area contributed by atoms with Crippen LogP contribution in [0.5, 0.6) is 0 Å². The average molecular weight is 375 g/mol. The number of aryl methyl sites for hydroxylation is 1. The normalized spacial score (nSPS) is 11.4. The van der Waals surface area contributed by atoms with Gasteiger partial charge in [-0.3, -0.25) is 5.10 Å². The minimum Gasteiger partial charge on any atom is -0.478 e. The quantitative estimate of drug-likeness (QED) is 0.747. The number of H-pyrrole nitrogens is 1. The minimum atomic E-state index is -4.00. The monoisotopic (exact) mass is 374 g/mol. The predicted octanol–water partition coefficient (Wildman–Crippen LogP) is 1.68. The molecule has 10 heteroatoms. The van der Waals surface area contributed by atoms with E-state index in [1.807, 2.05) is 0 Å². The van der Waals surface area contributed by atoms with Crippen LogP contribution in [0.4, 0.5) is 5.95 Å². The van der Waals surface area contributed by atoms with Crippen LogP contribution >= 0.6 is 15.9 Å². The summed E-state index contributed by atoms with van der Waals surface area (Å²) >= 11 is 3.15.